The number of amides is 1. The van der Waals surface area contributed by atoms with E-state index >= 15 is 0 Å². The molecule has 2 rings (SSSR count). The van der Waals surface area contributed by atoms with E-state index in [0.29, 0.717) is 23.2 Å². The largest absolute Gasteiger partial charge is 0.325 e. The van der Waals surface area contributed by atoms with Crippen LogP contribution in [0.25, 0.3) is 0 Å². The van der Waals surface area contributed by atoms with E-state index in [1.54, 1.807) is 43.1 Å². The molecular formula is C19H30N2O3S2. The Balaban J connectivity index is 1.87. The van der Waals surface area contributed by atoms with Crippen LogP contribution in [-0.2, 0) is 14.8 Å². The van der Waals surface area contributed by atoms with Crippen molar-refractivity contribution in [3.8, 4) is 0 Å². The highest BCUT2D eigenvalue weighted by Crippen LogP contribution is 2.28. The second-order valence-electron chi connectivity index (χ2n) is 6.82. The molecule has 0 saturated heterocycles. The van der Waals surface area contributed by atoms with Crippen molar-refractivity contribution in [1.82, 2.24) is 4.31 Å². The van der Waals surface area contributed by atoms with Crippen molar-refractivity contribution in [2.45, 2.75) is 62.0 Å². The number of hydrogen-bond donors (Lipinski definition) is 1. The lowest BCUT2D eigenvalue weighted by Crippen LogP contribution is -2.27. The van der Waals surface area contributed by atoms with Gasteiger partial charge in [0.05, 0.1) is 10.6 Å². The maximum Gasteiger partial charge on any atom is 0.242 e. The fourth-order valence-corrected chi connectivity index (χ4v) is 5.35. The average molecular weight is 399 g/mol. The lowest BCUT2D eigenvalue weighted by molar-refractivity contribution is -0.113. The highest BCUT2D eigenvalue weighted by molar-refractivity contribution is 8.00. The van der Waals surface area contributed by atoms with Crippen molar-refractivity contribution in [2.24, 2.45) is 0 Å². The van der Waals surface area contributed by atoms with Crippen LogP contribution in [0.3, 0.4) is 0 Å². The van der Waals surface area contributed by atoms with Gasteiger partial charge in [-0.2, -0.15) is 0 Å². The van der Waals surface area contributed by atoms with Crippen LogP contribution < -0.4 is 5.32 Å². The number of hydrogen-bond acceptors (Lipinski definition) is 4. The van der Waals surface area contributed by atoms with E-state index in [0.717, 1.165) is 12.8 Å². The molecule has 1 amide bonds. The van der Waals surface area contributed by atoms with Gasteiger partial charge in [-0.3, -0.25) is 4.79 Å². The zero-order valence-electron chi connectivity index (χ0n) is 15.7. The van der Waals surface area contributed by atoms with Crippen molar-refractivity contribution >= 4 is 33.4 Å². The van der Waals surface area contributed by atoms with Gasteiger partial charge < -0.3 is 5.32 Å². The smallest absolute Gasteiger partial charge is 0.242 e. The first-order valence-corrected chi connectivity index (χ1v) is 11.9. The lowest BCUT2D eigenvalue weighted by Gasteiger charge is -2.20. The third kappa shape index (κ3) is 6.28. The molecule has 0 bridgehead atoms. The van der Waals surface area contributed by atoms with E-state index in [2.05, 4.69) is 5.32 Å². The van der Waals surface area contributed by atoms with Crippen molar-refractivity contribution in [3.05, 3.63) is 24.3 Å². The third-order valence-electron chi connectivity index (χ3n) is 4.68. The molecule has 26 heavy (non-hydrogen) atoms. The minimum Gasteiger partial charge on any atom is -0.325 e. The first-order valence-electron chi connectivity index (χ1n) is 9.41. The molecule has 0 unspecified atom stereocenters. The lowest BCUT2D eigenvalue weighted by atomic mass is 10.0. The van der Waals surface area contributed by atoms with Crippen LogP contribution in [0.1, 0.15) is 51.9 Å². The van der Waals surface area contributed by atoms with Crippen LogP contribution in [0.4, 0.5) is 5.69 Å². The molecule has 1 N–H and O–H groups in total. The number of nitrogens with zero attached hydrogens (tertiary/aromatic N) is 1. The Morgan fingerprint density at radius 3 is 2.46 bits per heavy atom. The van der Waals surface area contributed by atoms with Gasteiger partial charge in [-0.25, -0.2) is 12.7 Å². The summed E-state index contributed by atoms with van der Waals surface area (Å²) in [5, 5.41) is 3.45. The minimum absolute atomic E-state index is 0.0313. The zero-order valence-corrected chi connectivity index (χ0v) is 17.4. The van der Waals surface area contributed by atoms with E-state index < -0.39 is 10.0 Å². The number of carbonyl (C=O) groups is 1. The number of sulfonamides is 1. The number of unbranched alkanes of at least 4 members (excludes halogenated alkanes) is 1. The molecule has 146 valence electrons. The number of thioether (sulfide) groups is 1. The normalized spacial score (nSPS) is 16.0. The first kappa shape index (κ1) is 21.3. The van der Waals surface area contributed by atoms with Gasteiger partial charge in [-0.1, -0.05) is 32.6 Å². The van der Waals surface area contributed by atoms with Gasteiger partial charge in [-0.15, -0.1) is 11.8 Å². The molecule has 0 heterocycles. The summed E-state index contributed by atoms with van der Waals surface area (Å²) >= 11 is 1.73. The van der Waals surface area contributed by atoms with Crippen LogP contribution in [0.2, 0.25) is 0 Å². The predicted molar refractivity (Wildman–Crippen MR) is 109 cm³/mol. The predicted octanol–water partition coefficient (Wildman–Crippen LogP) is 4.11. The van der Waals surface area contributed by atoms with Crippen LogP contribution in [-0.4, -0.2) is 43.2 Å². The second kappa shape index (κ2) is 10.3. The first-order chi connectivity index (χ1) is 12.4. The van der Waals surface area contributed by atoms with E-state index in [4.69, 9.17) is 0 Å². The van der Waals surface area contributed by atoms with Gasteiger partial charge in [0, 0.05) is 24.5 Å². The Morgan fingerprint density at radius 1 is 1.19 bits per heavy atom. The van der Waals surface area contributed by atoms with Gasteiger partial charge in [0.15, 0.2) is 0 Å². The van der Waals surface area contributed by atoms with E-state index in [1.807, 2.05) is 6.92 Å². The Labute approximate surface area is 162 Å². The van der Waals surface area contributed by atoms with Gasteiger partial charge in [-0.05, 0) is 43.5 Å². The van der Waals surface area contributed by atoms with Gasteiger partial charge >= 0.3 is 0 Å². The fraction of sp³-hybridized carbons (Fsp3) is 0.632. The van der Waals surface area contributed by atoms with Gasteiger partial charge in [0.2, 0.25) is 15.9 Å². The summed E-state index contributed by atoms with van der Waals surface area (Å²) in [6.45, 7) is 2.54. The van der Waals surface area contributed by atoms with Gasteiger partial charge in [0.25, 0.3) is 0 Å². The molecule has 1 saturated carbocycles. The molecule has 1 aromatic rings. The fourth-order valence-electron chi connectivity index (χ4n) is 3.01. The molecule has 0 spiro atoms. The summed E-state index contributed by atoms with van der Waals surface area (Å²) in [5.41, 5.74) is 0.634. The molecule has 1 aliphatic carbocycles. The Hall–Kier alpha value is -1.05. The van der Waals surface area contributed by atoms with E-state index in [9.17, 15) is 13.2 Å². The van der Waals surface area contributed by atoms with Crippen LogP contribution in [0, 0.1) is 0 Å². The molecule has 0 aromatic heterocycles. The summed E-state index contributed by atoms with van der Waals surface area (Å²) < 4.78 is 26.3. The summed E-state index contributed by atoms with van der Waals surface area (Å²) in [5.74, 6) is 0.418. The molecule has 0 atom stereocenters. The van der Waals surface area contributed by atoms with E-state index in [-0.39, 0.29) is 10.8 Å². The van der Waals surface area contributed by atoms with Crippen LogP contribution in [0.5, 0.6) is 0 Å². The zero-order chi connectivity index (χ0) is 19.0. The summed E-state index contributed by atoms with van der Waals surface area (Å²) in [7, 11) is -1.86. The number of nitrogens with one attached hydrogen (secondary N) is 1. The molecule has 1 aromatic carbocycles. The molecule has 5 nitrogen and oxygen atoms in total. The number of anilines is 1. The average Bonchev–Trinajstić information content (AvgIpc) is 2.65. The number of carbonyl (C=O) groups excluding carboxylic acids is 1. The van der Waals surface area contributed by atoms with Crippen molar-refractivity contribution in [1.29, 1.82) is 0 Å². The summed E-state index contributed by atoms with van der Waals surface area (Å²) in [6.07, 6.45) is 8.04. The van der Waals surface area contributed by atoms with Crippen LogP contribution >= 0.6 is 11.8 Å². The summed E-state index contributed by atoms with van der Waals surface area (Å²) in [6, 6.07) is 6.43. The minimum atomic E-state index is -3.46. The Bertz CT molecular complexity index is 669. The maximum atomic E-state index is 12.5. The van der Waals surface area contributed by atoms with Gasteiger partial charge in [0.1, 0.15) is 0 Å². The van der Waals surface area contributed by atoms with Crippen molar-refractivity contribution in [3.63, 3.8) is 0 Å². The summed E-state index contributed by atoms with van der Waals surface area (Å²) in [4.78, 5) is 12.4. The Morgan fingerprint density at radius 2 is 1.85 bits per heavy atom. The molecular weight excluding hydrogens is 368 g/mol. The SMILES string of the molecule is CCCCN(C)S(=O)(=O)c1ccc(NC(=O)CSC2CCCCC2)cc1. The topological polar surface area (TPSA) is 66.5 Å². The Kier molecular flexibility index (Phi) is 8.44. The molecule has 1 fully saturated rings. The molecule has 1 aliphatic rings. The number of benzene rings is 1. The highest BCUT2D eigenvalue weighted by Gasteiger charge is 2.20. The van der Waals surface area contributed by atoms with Crippen molar-refractivity contribution < 1.29 is 13.2 Å². The second-order valence-corrected chi connectivity index (χ2v) is 10.2. The molecule has 0 aliphatic heterocycles. The highest BCUT2D eigenvalue weighted by atomic mass is 32.2. The third-order valence-corrected chi connectivity index (χ3v) is 7.92. The number of rotatable bonds is 9. The molecule has 7 heteroatoms. The van der Waals surface area contributed by atoms with Crippen LogP contribution in [0.15, 0.2) is 29.2 Å². The van der Waals surface area contributed by atoms with E-state index in [1.165, 1.54) is 36.4 Å². The maximum absolute atomic E-state index is 12.5. The standard InChI is InChI=1S/C19H30N2O3S2/c1-3-4-14-21(2)26(23,24)18-12-10-16(11-13-18)20-19(22)15-25-17-8-6-5-7-9-17/h10-13,17H,3-9,14-15H2,1-2H3,(H,20,22). The van der Waals surface area contributed by atoms with Crippen molar-refractivity contribution in [2.75, 3.05) is 24.7 Å². The monoisotopic (exact) mass is 398 g/mol. The molecule has 0 radical (unpaired) electrons. The quantitative estimate of drug-likeness (QED) is 0.680.